The summed E-state index contributed by atoms with van der Waals surface area (Å²) in [6.45, 7) is 23.1. The fourth-order valence-corrected chi connectivity index (χ4v) is 12.9. The fraction of sp³-hybridized carbons (Fsp3) is 0.260. The fourth-order valence-electron chi connectivity index (χ4n) is 11.8. The largest absolute Gasteiger partial charge is 0.317 e. The second-order valence-corrected chi connectivity index (χ2v) is 20.9. The summed E-state index contributed by atoms with van der Waals surface area (Å²) in [5, 5.41) is 5.16. The summed E-state index contributed by atoms with van der Waals surface area (Å²) in [5.74, 6) is 1.74. The van der Waals surface area contributed by atoms with Gasteiger partial charge in [0, 0.05) is 71.1 Å². The lowest BCUT2D eigenvalue weighted by atomic mass is 9.90. The molecule has 2 aliphatic rings. The monoisotopic (exact) mass is 1040 g/mol. The number of allylic oxidation sites excluding steroid dienone is 8. The van der Waals surface area contributed by atoms with Gasteiger partial charge < -0.3 is 9.13 Å². The van der Waals surface area contributed by atoms with Crippen molar-refractivity contribution < 1.29 is 0 Å². The Balaban J connectivity index is 0.00000181. The molecule has 78 heavy (non-hydrogen) atoms. The van der Waals surface area contributed by atoms with Crippen LogP contribution in [0.1, 0.15) is 147 Å². The van der Waals surface area contributed by atoms with Crippen molar-refractivity contribution in [3.05, 3.63) is 216 Å². The molecule has 11 rings (SSSR count). The molecular weight excluding hydrogens is 965 g/mol. The molecule has 1 unspecified atom stereocenters. The van der Waals surface area contributed by atoms with Crippen molar-refractivity contribution in [1.29, 1.82) is 0 Å². The van der Waals surface area contributed by atoms with Gasteiger partial charge in [-0.1, -0.05) is 199 Å². The van der Waals surface area contributed by atoms with Crippen molar-refractivity contribution in [2.75, 3.05) is 0 Å². The van der Waals surface area contributed by atoms with Crippen LogP contribution in [0.2, 0.25) is 0 Å². The Morgan fingerprint density at radius 3 is 2.19 bits per heavy atom. The summed E-state index contributed by atoms with van der Waals surface area (Å²) in [6.07, 6.45) is 26.6. The number of fused-ring (bicyclic) bond motifs is 7. The van der Waals surface area contributed by atoms with Crippen LogP contribution in [0.15, 0.2) is 192 Å². The van der Waals surface area contributed by atoms with Gasteiger partial charge in [0.1, 0.15) is 11.7 Å². The predicted molar refractivity (Wildman–Crippen MR) is 346 cm³/mol. The molecule has 0 aliphatic heterocycles. The molecule has 2 aliphatic carbocycles. The molecule has 9 aromatic rings. The number of amidine groups is 1. The summed E-state index contributed by atoms with van der Waals surface area (Å²) >= 11 is 1.87. The molecule has 3 aromatic heterocycles. The molecule has 0 N–H and O–H groups in total. The molecule has 1 atom stereocenters. The van der Waals surface area contributed by atoms with Crippen molar-refractivity contribution in [3.8, 4) is 22.3 Å². The van der Waals surface area contributed by atoms with E-state index >= 15 is 0 Å². The summed E-state index contributed by atoms with van der Waals surface area (Å²) in [5.41, 5.74) is 19.2. The van der Waals surface area contributed by atoms with E-state index in [1.54, 1.807) is 0 Å². The first kappa shape index (κ1) is 55.2. The Labute approximate surface area is 469 Å². The van der Waals surface area contributed by atoms with Gasteiger partial charge in [0.15, 0.2) is 0 Å². The van der Waals surface area contributed by atoms with E-state index in [0.717, 1.165) is 63.0 Å². The second kappa shape index (κ2) is 25.7. The minimum Gasteiger partial charge on any atom is -0.317 e. The molecule has 4 nitrogen and oxygen atoms in total. The highest BCUT2D eigenvalue weighted by atomic mass is 32.1. The molecule has 0 bridgehead atoms. The van der Waals surface area contributed by atoms with Gasteiger partial charge in [0.2, 0.25) is 0 Å². The van der Waals surface area contributed by atoms with Crippen LogP contribution in [0.3, 0.4) is 0 Å². The smallest absolute Gasteiger partial charge is 0.129 e. The maximum atomic E-state index is 5.61. The average Bonchev–Trinajstić information content (AvgIpc) is 4.36. The first-order chi connectivity index (χ1) is 38.4. The standard InChI is InChI=1S/C69H66N4S.2C2H6/c1-7-11-12-13-14-37-67(70-46(5)49-38-40-50(41-39-49)54-28-16-15-25-48(54)9-3)71-47(6)72-64-43-42-53(73-62(10-4)57(24-8-2)58-29-17-19-34-63(58)73)45-61(64)59-33-22-32-56(69(59)72)52-27-21-26-51(44-52)55-31-23-36-66-68(55)60-30-18-20-35-65(60)74-66;2*1-2/h7-8,13-14,16-24,26-36,38-41,44-46H,1,9-12,15,25,37,42-43H2,2-6H3;2*1-2H3/b14-13-,24-8-,70-67?,71-47?;;. The molecular formula is C73H78N4S. The lowest BCUT2D eigenvalue weighted by molar-refractivity contribution is 0.813. The van der Waals surface area contributed by atoms with Crippen LogP contribution in [-0.2, 0) is 12.8 Å². The van der Waals surface area contributed by atoms with Gasteiger partial charge in [-0.15, -0.1) is 17.9 Å². The number of aromatic nitrogens is 2. The lowest BCUT2D eigenvalue weighted by Crippen LogP contribution is -2.16. The van der Waals surface area contributed by atoms with Gasteiger partial charge in [-0.05, 0) is 136 Å². The first-order valence-corrected chi connectivity index (χ1v) is 29.7. The van der Waals surface area contributed by atoms with Gasteiger partial charge in [-0.25, -0.2) is 4.99 Å². The van der Waals surface area contributed by atoms with Crippen molar-refractivity contribution in [3.63, 3.8) is 0 Å². The van der Waals surface area contributed by atoms with Gasteiger partial charge >= 0.3 is 0 Å². The van der Waals surface area contributed by atoms with Crippen LogP contribution < -0.4 is 0 Å². The normalized spacial score (nSPS) is 14.3. The van der Waals surface area contributed by atoms with Gasteiger partial charge in [0.25, 0.3) is 0 Å². The van der Waals surface area contributed by atoms with E-state index in [4.69, 9.17) is 9.98 Å². The number of hydrogen-bond acceptors (Lipinski definition) is 2. The number of aliphatic imine (C=N–C) groups is 2. The van der Waals surface area contributed by atoms with Crippen molar-refractivity contribution >= 4 is 88.4 Å². The maximum Gasteiger partial charge on any atom is 0.129 e. The van der Waals surface area contributed by atoms with Gasteiger partial charge in [-0.2, -0.15) is 0 Å². The topological polar surface area (TPSA) is 34.6 Å². The molecule has 3 heterocycles. The number of rotatable bonds is 14. The zero-order chi connectivity index (χ0) is 54.7. The number of nitrogens with zero attached hydrogens (tertiary/aromatic N) is 4. The average molecular weight is 1040 g/mol. The highest BCUT2D eigenvalue weighted by Crippen LogP contribution is 2.44. The van der Waals surface area contributed by atoms with Crippen LogP contribution in [0.25, 0.3) is 87.7 Å². The molecule has 0 amide bonds. The molecule has 0 saturated heterocycles. The third-order valence-corrected chi connectivity index (χ3v) is 16.4. The summed E-state index contributed by atoms with van der Waals surface area (Å²) in [7, 11) is 0. The molecule has 0 radical (unpaired) electrons. The second-order valence-electron chi connectivity index (χ2n) is 19.8. The van der Waals surface area contributed by atoms with E-state index in [9.17, 15) is 0 Å². The van der Waals surface area contributed by atoms with E-state index in [1.165, 1.54) is 115 Å². The van der Waals surface area contributed by atoms with E-state index < -0.39 is 0 Å². The Kier molecular flexibility index (Phi) is 18.2. The highest BCUT2D eigenvalue weighted by Gasteiger charge is 2.27. The van der Waals surface area contributed by atoms with Crippen molar-refractivity contribution in [2.24, 2.45) is 9.98 Å². The number of thiophene rings is 1. The van der Waals surface area contributed by atoms with Crippen LogP contribution in [0, 0.1) is 0 Å². The highest BCUT2D eigenvalue weighted by molar-refractivity contribution is 7.25. The third-order valence-electron chi connectivity index (χ3n) is 15.3. The van der Waals surface area contributed by atoms with Crippen LogP contribution in [-0.4, -0.2) is 20.8 Å². The van der Waals surface area contributed by atoms with E-state index in [-0.39, 0.29) is 6.04 Å². The van der Waals surface area contributed by atoms with E-state index in [1.807, 2.05) is 45.1 Å². The lowest BCUT2D eigenvalue weighted by Gasteiger charge is -2.21. The van der Waals surface area contributed by atoms with Crippen LogP contribution in [0.5, 0.6) is 0 Å². The van der Waals surface area contributed by atoms with Crippen molar-refractivity contribution in [2.45, 2.75) is 126 Å². The molecule has 396 valence electrons. The summed E-state index contributed by atoms with van der Waals surface area (Å²) in [6, 6.07) is 49.6. The van der Waals surface area contributed by atoms with Crippen LogP contribution in [0.4, 0.5) is 0 Å². The van der Waals surface area contributed by atoms with E-state index in [2.05, 4.69) is 226 Å². The number of para-hydroxylation sites is 2. The molecule has 0 fully saturated rings. The minimum atomic E-state index is -0.0841. The van der Waals surface area contributed by atoms with Crippen molar-refractivity contribution in [1.82, 2.24) is 9.13 Å². The maximum absolute atomic E-state index is 5.61. The Bertz CT molecular complexity index is 3830. The molecule has 6 aromatic carbocycles. The Hall–Kier alpha value is -7.60. The number of benzene rings is 6. The first-order valence-electron chi connectivity index (χ1n) is 28.9. The summed E-state index contributed by atoms with van der Waals surface area (Å²) in [4.78, 5) is 11.1. The molecule has 0 saturated carbocycles. The zero-order valence-electron chi connectivity index (χ0n) is 47.7. The predicted octanol–water partition coefficient (Wildman–Crippen LogP) is 21.7. The van der Waals surface area contributed by atoms with Gasteiger partial charge in [-0.3, -0.25) is 4.99 Å². The van der Waals surface area contributed by atoms with Crippen LogP contribution >= 0.6 is 11.3 Å². The van der Waals surface area contributed by atoms with Gasteiger partial charge in [0.05, 0.1) is 17.1 Å². The Morgan fingerprint density at radius 1 is 0.718 bits per heavy atom. The van der Waals surface area contributed by atoms with E-state index in [0.29, 0.717) is 6.42 Å². The molecule has 0 spiro atoms. The Morgan fingerprint density at radius 2 is 1.42 bits per heavy atom. The quantitative estimate of drug-likeness (QED) is 0.0450. The zero-order valence-corrected chi connectivity index (χ0v) is 48.5. The molecule has 5 heteroatoms. The number of hydrogen-bond donors (Lipinski definition) is 0. The third kappa shape index (κ3) is 11.0. The SMILES string of the molecule is C=CCC/C=C\CC(=NC(C)c1ccc(C2=C(CC)CCC=C2)cc1)N=C(C)n1c2c(c3cccc(-c4cccc(-c5cccc6sc7ccccc7c56)c4)c31)C=C(n1c(CC)c(/C=C\C)c3ccccc31)CC2.CC.CC. The minimum absolute atomic E-state index is 0.0841. The number of unbranched alkanes of at least 4 members (excludes halogenated alkanes) is 1. The summed E-state index contributed by atoms with van der Waals surface area (Å²) < 4.78 is 7.67.